The van der Waals surface area contributed by atoms with E-state index in [1.54, 1.807) is 4.68 Å². The maximum atomic E-state index is 13.0. The van der Waals surface area contributed by atoms with Gasteiger partial charge in [0.25, 0.3) is 5.91 Å². The van der Waals surface area contributed by atoms with Crippen LogP contribution in [0.25, 0.3) is 11.1 Å². The Kier molecular flexibility index (Phi) is 4.93. The molecule has 1 amide bonds. The van der Waals surface area contributed by atoms with Crippen LogP contribution in [-0.2, 0) is 7.05 Å². The van der Waals surface area contributed by atoms with Crippen molar-refractivity contribution in [1.82, 2.24) is 20.1 Å². The van der Waals surface area contributed by atoms with Gasteiger partial charge in [-0.25, -0.2) is 4.98 Å². The molecule has 5 nitrogen and oxygen atoms in total. The first-order valence-electron chi connectivity index (χ1n) is 8.37. The van der Waals surface area contributed by atoms with Crippen molar-refractivity contribution in [3.8, 4) is 11.1 Å². The number of benzene rings is 2. The topological polar surface area (TPSA) is 59.8 Å². The fourth-order valence-corrected chi connectivity index (χ4v) is 2.89. The van der Waals surface area contributed by atoms with Gasteiger partial charge in [-0.15, -0.1) is 0 Å². The Morgan fingerprint density at radius 2 is 1.72 bits per heavy atom. The summed E-state index contributed by atoms with van der Waals surface area (Å²) in [5, 5.41) is 7.24. The van der Waals surface area contributed by atoms with Crippen molar-refractivity contribution in [2.24, 2.45) is 13.0 Å². The Morgan fingerprint density at radius 3 is 2.36 bits per heavy atom. The number of carbonyl (C=O) groups excluding carboxylic acids is 1. The predicted octanol–water partition coefficient (Wildman–Crippen LogP) is 3.61. The van der Waals surface area contributed by atoms with E-state index in [2.05, 4.69) is 29.2 Å². The smallest absolute Gasteiger partial charge is 0.252 e. The zero-order valence-corrected chi connectivity index (χ0v) is 14.7. The molecule has 1 N–H and O–H groups in total. The molecule has 0 aliphatic carbocycles. The third-order valence-corrected chi connectivity index (χ3v) is 4.23. The average molecular weight is 334 g/mol. The first kappa shape index (κ1) is 16.9. The number of hydrogen-bond acceptors (Lipinski definition) is 3. The standard InChI is InChI=1S/C20H22N4O/c1-14(2)18(19-21-13-22-24(19)3)23-20(25)17-12-8-7-11-16(17)15-9-5-4-6-10-15/h4-14,18H,1-3H3,(H,23,25)/t18-/m1/s1. The van der Waals surface area contributed by atoms with Crippen LogP contribution < -0.4 is 5.32 Å². The summed E-state index contributed by atoms with van der Waals surface area (Å²) in [5.74, 6) is 0.831. The molecule has 3 aromatic rings. The number of aromatic nitrogens is 3. The van der Waals surface area contributed by atoms with Gasteiger partial charge in [-0.1, -0.05) is 62.4 Å². The molecular formula is C20H22N4O. The summed E-state index contributed by atoms with van der Waals surface area (Å²) in [6.45, 7) is 4.12. The highest BCUT2D eigenvalue weighted by Gasteiger charge is 2.24. The van der Waals surface area contributed by atoms with E-state index >= 15 is 0 Å². The molecule has 3 rings (SSSR count). The fraction of sp³-hybridized carbons (Fsp3) is 0.250. The Labute approximate surface area is 147 Å². The quantitative estimate of drug-likeness (QED) is 0.775. The van der Waals surface area contributed by atoms with Gasteiger partial charge in [-0.05, 0) is 23.1 Å². The lowest BCUT2D eigenvalue weighted by Gasteiger charge is -2.22. The number of aryl methyl sites for hydroxylation is 1. The van der Waals surface area contributed by atoms with E-state index in [0.717, 1.165) is 17.0 Å². The van der Waals surface area contributed by atoms with Gasteiger partial charge in [-0.2, -0.15) is 5.10 Å². The van der Waals surface area contributed by atoms with Gasteiger partial charge < -0.3 is 5.32 Å². The maximum Gasteiger partial charge on any atom is 0.252 e. The van der Waals surface area contributed by atoms with Crippen molar-refractivity contribution in [3.63, 3.8) is 0 Å². The second kappa shape index (κ2) is 7.30. The molecule has 0 unspecified atom stereocenters. The molecular weight excluding hydrogens is 312 g/mol. The Hall–Kier alpha value is -2.95. The summed E-state index contributed by atoms with van der Waals surface area (Å²) in [5.41, 5.74) is 2.59. The molecule has 5 heteroatoms. The third kappa shape index (κ3) is 3.60. The molecule has 2 aromatic carbocycles. The Bertz CT molecular complexity index is 855. The number of nitrogens with one attached hydrogen (secondary N) is 1. The minimum atomic E-state index is -0.205. The lowest BCUT2D eigenvalue weighted by molar-refractivity contribution is 0.0922. The van der Waals surface area contributed by atoms with Crippen LogP contribution in [0.5, 0.6) is 0 Å². The van der Waals surface area contributed by atoms with Crippen LogP contribution in [0.2, 0.25) is 0 Å². The summed E-state index contributed by atoms with van der Waals surface area (Å²) in [7, 11) is 1.84. The zero-order chi connectivity index (χ0) is 17.8. The first-order chi connectivity index (χ1) is 12.1. The molecule has 0 saturated carbocycles. The minimum Gasteiger partial charge on any atom is -0.342 e. The number of amides is 1. The Morgan fingerprint density at radius 1 is 1.04 bits per heavy atom. The van der Waals surface area contributed by atoms with Gasteiger partial charge in [0.2, 0.25) is 0 Å². The highest BCUT2D eigenvalue weighted by molar-refractivity contribution is 6.01. The number of hydrogen-bond donors (Lipinski definition) is 1. The van der Waals surface area contributed by atoms with Gasteiger partial charge in [0.05, 0.1) is 6.04 Å². The first-order valence-corrected chi connectivity index (χ1v) is 8.37. The summed E-state index contributed by atoms with van der Waals surface area (Å²) in [6.07, 6.45) is 1.51. The molecule has 0 aliphatic rings. The molecule has 0 spiro atoms. The second-order valence-electron chi connectivity index (χ2n) is 6.35. The van der Waals surface area contributed by atoms with Crippen LogP contribution in [0.3, 0.4) is 0 Å². The van der Waals surface area contributed by atoms with Crippen LogP contribution >= 0.6 is 0 Å². The van der Waals surface area contributed by atoms with Gasteiger partial charge in [0.15, 0.2) is 0 Å². The number of nitrogens with zero attached hydrogens (tertiary/aromatic N) is 3. The number of carbonyl (C=O) groups is 1. The van der Waals surface area contributed by atoms with Crippen LogP contribution in [-0.4, -0.2) is 20.7 Å². The van der Waals surface area contributed by atoms with Crippen LogP contribution in [0, 0.1) is 5.92 Å². The molecule has 0 aliphatic heterocycles. The van der Waals surface area contributed by atoms with E-state index in [4.69, 9.17) is 0 Å². The summed E-state index contributed by atoms with van der Waals surface area (Å²) in [4.78, 5) is 17.3. The molecule has 0 fully saturated rings. The van der Waals surface area contributed by atoms with E-state index in [-0.39, 0.29) is 17.9 Å². The monoisotopic (exact) mass is 334 g/mol. The highest BCUT2D eigenvalue weighted by atomic mass is 16.1. The lowest BCUT2D eigenvalue weighted by Crippen LogP contribution is -2.33. The normalized spacial score (nSPS) is 12.2. The largest absolute Gasteiger partial charge is 0.342 e. The zero-order valence-electron chi connectivity index (χ0n) is 14.7. The summed E-state index contributed by atoms with van der Waals surface area (Å²) >= 11 is 0. The van der Waals surface area contributed by atoms with Gasteiger partial charge in [0, 0.05) is 12.6 Å². The van der Waals surface area contributed by atoms with Crippen molar-refractivity contribution in [1.29, 1.82) is 0 Å². The van der Waals surface area contributed by atoms with Gasteiger partial charge in [-0.3, -0.25) is 9.48 Å². The van der Waals surface area contributed by atoms with E-state index in [9.17, 15) is 4.79 Å². The average Bonchev–Trinajstić information content (AvgIpc) is 3.05. The van der Waals surface area contributed by atoms with Crippen molar-refractivity contribution < 1.29 is 4.79 Å². The highest BCUT2D eigenvalue weighted by Crippen LogP contribution is 2.25. The molecule has 0 bridgehead atoms. The molecule has 128 valence electrons. The van der Waals surface area contributed by atoms with Crippen molar-refractivity contribution in [3.05, 3.63) is 72.3 Å². The van der Waals surface area contributed by atoms with E-state index in [1.165, 1.54) is 6.33 Å². The number of rotatable bonds is 5. The van der Waals surface area contributed by atoms with Crippen molar-refractivity contribution in [2.45, 2.75) is 19.9 Å². The predicted molar refractivity (Wildman–Crippen MR) is 97.9 cm³/mol. The van der Waals surface area contributed by atoms with E-state index < -0.39 is 0 Å². The van der Waals surface area contributed by atoms with Crippen LogP contribution in [0.4, 0.5) is 0 Å². The Balaban J connectivity index is 1.92. The molecule has 1 aromatic heterocycles. The van der Waals surface area contributed by atoms with Crippen molar-refractivity contribution in [2.75, 3.05) is 0 Å². The van der Waals surface area contributed by atoms with E-state index in [1.807, 2.05) is 61.6 Å². The molecule has 1 heterocycles. The molecule has 25 heavy (non-hydrogen) atoms. The second-order valence-corrected chi connectivity index (χ2v) is 6.35. The van der Waals surface area contributed by atoms with Crippen LogP contribution in [0.15, 0.2) is 60.9 Å². The molecule has 1 atom stereocenters. The molecule has 0 saturated heterocycles. The van der Waals surface area contributed by atoms with Gasteiger partial charge >= 0.3 is 0 Å². The SMILES string of the molecule is CC(C)[C@@H](NC(=O)c1ccccc1-c1ccccc1)c1ncnn1C. The van der Waals surface area contributed by atoms with E-state index in [0.29, 0.717) is 5.56 Å². The molecule has 0 radical (unpaired) electrons. The fourth-order valence-electron chi connectivity index (χ4n) is 2.89. The van der Waals surface area contributed by atoms with Gasteiger partial charge in [0.1, 0.15) is 12.2 Å². The van der Waals surface area contributed by atoms with Crippen LogP contribution in [0.1, 0.15) is 36.1 Å². The van der Waals surface area contributed by atoms with Crippen molar-refractivity contribution >= 4 is 5.91 Å². The summed E-state index contributed by atoms with van der Waals surface area (Å²) < 4.78 is 1.70. The maximum absolute atomic E-state index is 13.0. The lowest BCUT2D eigenvalue weighted by atomic mass is 9.98. The minimum absolute atomic E-state index is 0.110. The summed E-state index contributed by atoms with van der Waals surface area (Å²) in [6, 6.07) is 17.4. The third-order valence-electron chi connectivity index (χ3n) is 4.23.